The van der Waals surface area contributed by atoms with Gasteiger partial charge in [-0.1, -0.05) is 0 Å². The number of rotatable bonds is 1. The van der Waals surface area contributed by atoms with Gasteiger partial charge in [-0.3, -0.25) is 9.89 Å². The fourth-order valence-corrected chi connectivity index (χ4v) is 1.70. The Labute approximate surface area is 86.2 Å². The molecule has 1 aliphatic rings. The minimum atomic E-state index is -0.376. The Bertz CT molecular complexity index is 399. The van der Waals surface area contributed by atoms with Crippen molar-refractivity contribution in [3.63, 3.8) is 0 Å². The number of aromatic nitrogens is 2. The molecule has 0 bridgehead atoms. The molecular weight excluding hydrogens is 198 g/mol. The van der Waals surface area contributed by atoms with E-state index < -0.39 is 0 Å². The number of aldehydes is 1. The van der Waals surface area contributed by atoms with E-state index in [0.717, 1.165) is 11.3 Å². The van der Waals surface area contributed by atoms with Gasteiger partial charge in [-0.2, -0.15) is 5.10 Å². The molecular formula is C9H11N3O3. The topological polar surface area (TPSA) is 75.3 Å². The van der Waals surface area contributed by atoms with E-state index >= 15 is 0 Å². The smallest absolute Gasteiger partial charge is 0.409 e. The zero-order valence-electron chi connectivity index (χ0n) is 8.32. The highest BCUT2D eigenvalue weighted by molar-refractivity contribution is 5.75. The number of fused-ring (bicyclic) bond motifs is 1. The average Bonchev–Trinajstić information content (AvgIpc) is 2.69. The summed E-state index contributed by atoms with van der Waals surface area (Å²) in [6.45, 7) is 0.965. The SMILES string of the molecule is COC(=O)N1CCc2[nH]nc(C=O)c2C1. The molecule has 1 N–H and O–H groups in total. The van der Waals surface area contributed by atoms with E-state index in [4.69, 9.17) is 0 Å². The molecule has 6 heteroatoms. The van der Waals surface area contributed by atoms with E-state index in [0.29, 0.717) is 31.5 Å². The number of hydrogen-bond donors (Lipinski definition) is 1. The van der Waals surface area contributed by atoms with Gasteiger partial charge in [0.05, 0.1) is 13.7 Å². The summed E-state index contributed by atoms with van der Waals surface area (Å²) in [5.74, 6) is 0. The molecule has 0 aromatic carbocycles. The minimum absolute atomic E-state index is 0.374. The number of carbonyl (C=O) groups excluding carboxylic acids is 2. The van der Waals surface area contributed by atoms with Gasteiger partial charge in [-0.15, -0.1) is 0 Å². The van der Waals surface area contributed by atoms with Crippen LogP contribution in [0.4, 0.5) is 4.79 Å². The maximum absolute atomic E-state index is 11.3. The third-order valence-electron chi connectivity index (χ3n) is 2.51. The van der Waals surface area contributed by atoms with Crippen LogP contribution in [-0.4, -0.2) is 41.1 Å². The normalized spacial score (nSPS) is 14.6. The molecule has 0 unspecified atom stereocenters. The number of amides is 1. The molecule has 1 aliphatic heterocycles. The second-order valence-electron chi connectivity index (χ2n) is 3.33. The first-order chi connectivity index (χ1) is 7.26. The molecule has 80 valence electrons. The van der Waals surface area contributed by atoms with Crippen molar-refractivity contribution in [1.82, 2.24) is 15.1 Å². The third-order valence-corrected chi connectivity index (χ3v) is 2.51. The first kappa shape index (κ1) is 9.70. The fraction of sp³-hybridized carbons (Fsp3) is 0.444. The third kappa shape index (κ3) is 1.58. The molecule has 0 atom stereocenters. The Balaban J connectivity index is 2.24. The lowest BCUT2D eigenvalue weighted by atomic mass is 10.1. The van der Waals surface area contributed by atoms with Gasteiger partial charge in [0.2, 0.25) is 0 Å². The van der Waals surface area contributed by atoms with Gasteiger partial charge in [0.25, 0.3) is 0 Å². The van der Waals surface area contributed by atoms with Crippen molar-refractivity contribution < 1.29 is 14.3 Å². The Morgan fingerprint density at radius 1 is 1.67 bits per heavy atom. The number of ether oxygens (including phenoxy) is 1. The average molecular weight is 209 g/mol. The molecule has 0 radical (unpaired) electrons. The predicted molar refractivity (Wildman–Crippen MR) is 50.5 cm³/mol. The van der Waals surface area contributed by atoms with Gasteiger partial charge in [0.1, 0.15) is 5.69 Å². The van der Waals surface area contributed by atoms with Crippen molar-refractivity contribution in [3.8, 4) is 0 Å². The number of nitrogens with zero attached hydrogens (tertiary/aromatic N) is 2. The van der Waals surface area contributed by atoms with Crippen molar-refractivity contribution in [2.24, 2.45) is 0 Å². The number of carbonyl (C=O) groups is 2. The number of aromatic amines is 1. The summed E-state index contributed by atoms with van der Waals surface area (Å²) in [7, 11) is 1.34. The largest absolute Gasteiger partial charge is 0.453 e. The highest BCUT2D eigenvalue weighted by atomic mass is 16.5. The van der Waals surface area contributed by atoms with Gasteiger partial charge in [-0.25, -0.2) is 4.79 Å². The molecule has 2 rings (SSSR count). The number of H-pyrrole nitrogens is 1. The second kappa shape index (κ2) is 3.72. The number of hydrogen-bond acceptors (Lipinski definition) is 4. The fourth-order valence-electron chi connectivity index (χ4n) is 1.70. The minimum Gasteiger partial charge on any atom is -0.453 e. The molecule has 1 amide bonds. The Kier molecular flexibility index (Phi) is 2.40. The Morgan fingerprint density at radius 3 is 3.13 bits per heavy atom. The molecule has 0 saturated heterocycles. The van der Waals surface area contributed by atoms with Crippen LogP contribution in [0, 0.1) is 0 Å². The van der Waals surface area contributed by atoms with E-state index in [1.54, 1.807) is 4.90 Å². The first-order valence-electron chi connectivity index (χ1n) is 4.60. The zero-order chi connectivity index (χ0) is 10.8. The molecule has 1 aromatic heterocycles. The van der Waals surface area contributed by atoms with Gasteiger partial charge in [0, 0.05) is 24.2 Å². The lowest BCUT2D eigenvalue weighted by Crippen LogP contribution is -2.35. The number of methoxy groups -OCH3 is 1. The lowest BCUT2D eigenvalue weighted by Gasteiger charge is -2.25. The van der Waals surface area contributed by atoms with Crippen LogP contribution < -0.4 is 0 Å². The highest BCUT2D eigenvalue weighted by Gasteiger charge is 2.25. The Morgan fingerprint density at radius 2 is 2.47 bits per heavy atom. The van der Waals surface area contributed by atoms with Crippen molar-refractivity contribution in [3.05, 3.63) is 17.0 Å². The van der Waals surface area contributed by atoms with Gasteiger partial charge >= 0.3 is 6.09 Å². The summed E-state index contributed by atoms with van der Waals surface area (Å²) < 4.78 is 4.62. The van der Waals surface area contributed by atoms with E-state index in [1.807, 2.05) is 0 Å². The standard InChI is InChI=1S/C9H11N3O3/c1-15-9(14)12-3-2-7-6(4-12)8(5-13)11-10-7/h5H,2-4H2,1H3,(H,10,11). The first-order valence-corrected chi connectivity index (χ1v) is 4.60. The highest BCUT2D eigenvalue weighted by Crippen LogP contribution is 2.19. The van der Waals surface area contributed by atoms with Gasteiger partial charge in [-0.05, 0) is 0 Å². The maximum atomic E-state index is 11.3. The molecule has 1 aromatic rings. The summed E-state index contributed by atoms with van der Waals surface area (Å²) in [4.78, 5) is 23.5. The maximum Gasteiger partial charge on any atom is 0.409 e. The summed E-state index contributed by atoms with van der Waals surface area (Å²) in [5.41, 5.74) is 2.09. The van der Waals surface area contributed by atoms with E-state index in [9.17, 15) is 9.59 Å². The van der Waals surface area contributed by atoms with Crippen molar-refractivity contribution >= 4 is 12.4 Å². The van der Waals surface area contributed by atoms with E-state index in [-0.39, 0.29) is 6.09 Å². The van der Waals surface area contributed by atoms with E-state index in [2.05, 4.69) is 14.9 Å². The monoisotopic (exact) mass is 209 g/mol. The zero-order valence-corrected chi connectivity index (χ0v) is 8.32. The van der Waals surface area contributed by atoms with Crippen molar-refractivity contribution in [2.75, 3.05) is 13.7 Å². The summed E-state index contributed by atoms with van der Waals surface area (Å²) in [5, 5.41) is 6.66. The molecule has 0 saturated carbocycles. The molecule has 6 nitrogen and oxygen atoms in total. The van der Waals surface area contributed by atoms with Crippen LogP contribution in [0.15, 0.2) is 0 Å². The summed E-state index contributed by atoms with van der Waals surface area (Å²) in [6, 6.07) is 0. The molecule has 2 heterocycles. The molecule has 0 fully saturated rings. The van der Waals surface area contributed by atoms with Crippen LogP contribution in [0.5, 0.6) is 0 Å². The van der Waals surface area contributed by atoms with Crippen LogP contribution >= 0.6 is 0 Å². The summed E-state index contributed by atoms with van der Waals surface area (Å²) in [6.07, 6.45) is 0.986. The van der Waals surface area contributed by atoms with E-state index in [1.165, 1.54) is 7.11 Å². The van der Waals surface area contributed by atoms with Crippen LogP contribution in [0.3, 0.4) is 0 Å². The lowest BCUT2D eigenvalue weighted by molar-refractivity contribution is 0.110. The van der Waals surface area contributed by atoms with Crippen molar-refractivity contribution in [2.45, 2.75) is 13.0 Å². The molecule has 0 aliphatic carbocycles. The van der Waals surface area contributed by atoms with Crippen LogP contribution in [-0.2, 0) is 17.7 Å². The Hall–Kier alpha value is -1.85. The van der Waals surface area contributed by atoms with Gasteiger partial charge in [0.15, 0.2) is 6.29 Å². The quantitative estimate of drug-likeness (QED) is 0.677. The second-order valence-corrected chi connectivity index (χ2v) is 3.33. The molecule has 0 spiro atoms. The summed E-state index contributed by atoms with van der Waals surface area (Å²) >= 11 is 0. The predicted octanol–water partition coefficient (Wildman–Crippen LogP) is 0.347. The van der Waals surface area contributed by atoms with Crippen LogP contribution in [0.25, 0.3) is 0 Å². The van der Waals surface area contributed by atoms with Crippen LogP contribution in [0.2, 0.25) is 0 Å². The van der Waals surface area contributed by atoms with Crippen molar-refractivity contribution in [1.29, 1.82) is 0 Å². The van der Waals surface area contributed by atoms with Gasteiger partial charge < -0.3 is 9.64 Å². The number of nitrogens with one attached hydrogen (secondary N) is 1. The molecule has 15 heavy (non-hydrogen) atoms. The van der Waals surface area contributed by atoms with Crippen LogP contribution in [0.1, 0.15) is 21.7 Å².